The lowest BCUT2D eigenvalue weighted by Crippen LogP contribution is -2.47. The fourth-order valence-electron chi connectivity index (χ4n) is 3.72. The minimum atomic E-state index is -0.0662. The molecule has 0 radical (unpaired) electrons. The van der Waals surface area contributed by atoms with Crippen LogP contribution in [0.2, 0.25) is 0 Å². The van der Waals surface area contributed by atoms with E-state index in [0.29, 0.717) is 13.2 Å². The topological polar surface area (TPSA) is 70.3 Å². The number of rotatable bonds is 9. The van der Waals surface area contributed by atoms with Gasteiger partial charge in [-0.1, -0.05) is 13.8 Å². The van der Waals surface area contributed by atoms with Gasteiger partial charge >= 0.3 is 5.97 Å². The molecule has 0 spiro atoms. The van der Waals surface area contributed by atoms with Gasteiger partial charge in [0.1, 0.15) is 5.76 Å². The molecule has 1 atom stereocenters. The number of piperidine rings is 1. The first-order chi connectivity index (χ1) is 13.6. The van der Waals surface area contributed by atoms with Crippen LogP contribution in [-0.4, -0.2) is 67.6 Å². The molecule has 1 saturated heterocycles. The van der Waals surface area contributed by atoms with Gasteiger partial charge < -0.3 is 19.4 Å². The second kappa shape index (κ2) is 11.7. The first-order valence-electron chi connectivity index (χ1n) is 10.6. The van der Waals surface area contributed by atoms with Gasteiger partial charge in [-0.25, -0.2) is 0 Å². The first kappa shape index (κ1) is 22.3. The number of esters is 1. The van der Waals surface area contributed by atoms with Crippen molar-refractivity contribution in [1.82, 2.24) is 15.1 Å². The number of hydrogen-bond donors (Lipinski definition) is 1. The van der Waals surface area contributed by atoms with E-state index in [4.69, 9.17) is 14.1 Å². The van der Waals surface area contributed by atoms with Crippen LogP contribution < -0.4 is 5.32 Å². The highest BCUT2D eigenvalue weighted by atomic mass is 16.5. The molecule has 7 heteroatoms. The van der Waals surface area contributed by atoms with Crippen LogP contribution in [0.4, 0.5) is 0 Å². The van der Waals surface area contributed by atoms with Crippen molar-refractivity contribution >= 4 is 11.9 Å². The van der Waals surface area contributed by atoms with E-state index in [1.54, 1.807) is 6.26 Å². The summed E-state index contributed by atoms with van der Waals surface area (Å²) in [5.41, 5.74) is 0. The summed E-state index contributed by atoms with van der Waals surface area (Å²) in [6, 6.07) is 4.08. The van der Waals surface area contributed by atoms with Crippen LogP contribution in [-0.2, 0) is 9.53 Å². The molecule has 28 heavy (non-hydrogen) atoms. The maximum Gasteiger partial charge on any atom is 0.309 e. The van der Waals surface area contributed by atoms with Gasteiger partial charge in [-0.05, 0) is 51.9 Å². The number of carbonyl (C=O) groups excluding carboxylic acids is 1. The molecule has 0 bridgehead atoms. The monoisotopic (exact) mass is 392 g/mol. The molecule has 1 N–H and O–H groups in total. The highest BCUT2D eigenvalue weighted by molar-refractivity contribution is 5.80. The number of nitrogens with zero attached hydrogens (tertiary/aromatic N) is 3. The molecule has 1 aliphatic heterocycles. The SMILES string of the molecule is CCNC(=NCC(c1ccco1)N(CC)CC)N1CCC(C(=O)OCC)CC1. The van der Waals surface area contributed by atoms with E-state index < -0.39 is 0 Å². The summed E-state index contributed by atoms with van der Waals surface area (Å²) >= 11 is 0. The highest BCUT2D eigenvalue weighted by Crippen LogP contribution is 2.22. The zero-order valence-corrected chi connectivity index (χ0v) is 17.8. The number of likely N-dealkylation sites (tertiary alicyclic amines) is 1. The summed E-state index contributed by atoms with van der Waals surface area (Å²) in [5, 5.41) is 3.41. The van der Waals surface area contributed by atoms with Crippen molar-refractivity contribution in [3.8, 4) is 0 Å². The largest absolute Gasteiger partial charge is 0.468 e. The van der Waals surface area contributed by atoms with Gasteiger partial charge in [0, 0.05) is 19.6 Å². The maximum atomic E-state index is 12.0. The van der Waals surface area contributed by atoms with Crippen molar-refractivity contribution in [2.45, 2.75) is 46.6 Å². The van der Waals surface area contributed by atoms with Gasteiger partial charge in [0.05, 0.1) is 31.4 Å². The number of likely N-dealkylation sites (N-methyl/N-ethyl adjacent to an activating group) is 1. The van der Waals surface area contributed by atoms with E-state index in [-0.39, 0.29) is 17.9 Å². The maximum absolute atomic E-state index is 12.0. The number of guanidine groups is 1. The average Bonchev–Trinajstić information content (AvgIpc) is 3.25. The Bertz CT molecular complexity index is 591. The van der Waals surface area contributed by atoms with Crippen LogP contribution in [0.1, 0.15) is 52.3 Å². The number of ether oxygens (including phenoxy) is 1. The molecular weight excluding hydrogens is 356 g/mol. The lowest BCUT2D eigenvalue weighted by molar-refractivity contribution is -0.149. The molecule has 0 saturated carbocycles. The summed E-state index contributed by atoms with van der Waals surface area (Å²) < 4.78 is 10.9. The predicted molar refractivity (Wildman–Crippen MR) is 111 cm³/mol. The minimum Gasteiger partial charge on any atom is -0.468 e. The van der Waals surface area contributed by atoms with Gasteiger partial charge in [0.25, 0.3) is 0 Å². The Kier molecular flexibility index (Phi) is 9.34. The van der Waals surface area contributed by atoms with Crippen LogP contribution in [0, 0.1) is 5.92 Å². The van der Waals surface area contributed by atoms with Crippen LogP contribution in [0.5, 0.6) is 0 Å². The van der Waals surface area contributed by atoms with Crippen LogP contribution in [0.15, 0.2) is 27.8 Å². The first-order valence-corrected chi connectivity index (χ1v) is 10.6. The molecular formula is C21H36N4O3. The van der Waals surface area contributed by atoms with Gasteiger partial charge in [-0.3, -0.25) is 14.7 Å². The Balaban J connectivity index is 2.05. The van der Waals surface area contributed by atoms with Crippen LogP contribution in [0.3, 0.4) is 0 Å². The average molecular weight is 393 g/mol. The molecule has 1 aromatic rings. The highest BCUT2D eigenvalue weighted by Gasteiger charge is 2.28. The van der Waals surface area contributed by atoms with E-state index >= 15 is 0 Å². The van der Waals surface area contributed by atoms with E-state index in [0.717, 1.165) is 57.3 Å². The third kappa shape index (κ3) is 5.99. The van der Waals surface area contributed by atoms with Crippen molar-refractivity contribution in [1.29, 1.82) is 0 Å². The summed E-state index contributed by atoms with van der Waals surface area (Å²) in [7, 11) is 0. The molecule has 2 heterocycles. The Labute approximate surface area is 169 Å². The summed E-state index contributed by atoms with van der Waals surface area (Å²) in [6.45, 7) is 13.7. The fraction of sp³-hybridized carbons (Fsp3) is 0.714. The molecule has 0 aliphatic carbocycles. The Morgan fingerprint density at radius 3 is 2.57 bits per heavy atom. The molecule has 1 unspecified atom stereocenters. The van der Waals surface area contributed by atoms with Crippen molar-refractivity contribution in [3.63, 3.8) is 0 Å². The summed E-state index contributed by atoms with van der Waals surface area (Å²) in [4.78, 5) is 21.5. The van der Waals surface area contributed by atoms with E-state index in [9.17, 15) is 4.79 Å². The van der Waals surface area contributed by atoms with Gasteiger partial charge in [-0.15, -0.1) is 0 Å². The van der Waals surface area contributed by atoms with Crippen molar-refractivity contribution in [2.24, 2.45) is 10.9 Å². The van der Waals surface area contributed by atoms with Crippen LogP contribution in [0.25, 0.3) is 0 Å². The quantitative estimate of drug-likeness (QED) is 0.396. The van der Waals surface area contributed by atoms with Gasteiger partial charge in [0.2, 0.25) is 0 Å². The van der Waals surface area contributed by atoms with E-state index in [2.05, 4.69) is 35.9 Å². The third-order valence-corrected chi connectivity index (χ3v) is 5.29. The van der Waals surface area contributed by atoms with Crippen molar-refractivity contribution in [2.75, 3.05) is 45.9 Å². The number of nitrogens with one attached hydrogen (secondary N) is 1. The van der Waals surface area contributed by atoms with Crippen LogP contribution >= 0.6 is 0 Å². The Hall–Kier alpha value is -2.02. The molecule has 1 fully saturated rings. The smallest absolute Gasteiger partial charge is 0.309 e. The molecule has 1 aromatic heterocycles. The normalized spacial score (nSPS) is 17.0. The van der Waals surface area contributed by atoms with Crippen molar-refractivity contribution < 1.29 is 13.9 Å². The second-order valence-corrected chi connectivity index (χ2v) is 6.96. The van der Waals surface area contributed by atoms with Crippen molar-refractivity contribution in [3.05, 3.63) is 24.2 Å². The molecule has 1 aliphatic rings. The van der Waals surface area contributed by atoms with Gasteiger partial charge in [-0.2, -0.15) is 0 Å². The molecule has 158 valence electrons. The number of carbonyl (C=O) groups is 1. The molecule has 0 amide bonds. The lowest BCUT2D eigenvalue weighted by atomic mass is 9.97. The third-order valence-electron chi connectivity index (χ3n) is 5.29. The van der Waals surface area contributed by atoms with Gasteiger partial charge in [0.15, 0.2) is 5.96 Å². The number of aliphatic imine (C=N–C) groups is 1. The van der Waals surface area contributed by atoms with E-state index in [1.807, 2.05) is 19.1 Å². The standard InChI is InChI=1S/C21H36N4O3/c1-5-22-21(25-13-11-17(12-14-25)20(26)27-8-4)23-16-18(24(6-2)7-3)19-10-9-15-28-19/h9-10,15,17-18H,5-8,11-14,16H2,1-4H3,(H,22,23). The second-order valence-electron chi connectivity index (χ2n) is 6.96. The molecule has 0 aromatic carbocycles. The lowest BCUT2D eigenvalue weighted by Gasteiger charge is -2.34. The van der Waals surface area contributed by atoms with E-state index in [1.165, 1.54) is 0 Å². The minimum absolute atomic E-state index is 0.00520. The molecule has 2 rings (SSSR count). The Morgan fingerprint density at radius 1 is 1.32 bits per heavy atom. The number of furan rings is 1. The number of hydrogen-bond acceptors (Lipinski definition) is 5. The fourth-order valence-corrected chi connectivity index (χ4v) is 3.72. The summed E-state index contributed by atoms with van der Waals surface area (Å²) in [6.07, 6.45) is 3.34. The zero-order valence-electron chi connectivity index (χ0n) is 17.8. The Morgan fingerprint density at radius 2 is 2.04 bits per heavy atom. The predicted octanol–water partition coefficient (Wildman–Crippen LogP) is 2.90. The molecule has 7 nitrogen and oxygen atoms in total. The summed E-state index contributed by atoms with van der Waals surface area (Å²) in [5.74, 6) is 1.80. The zero-order chi connectivity index (χ0) is 20.4.